The van der Waals surface area contributed by atoms with Crippen LogP contribution in [-0.2, 0) is 14.3 Å². The van der Waals surface area contributed by atoms with Crippen LogP contribution in [0.1, 0.15) is 64.1 Å². The molecule has 0 radical (unpaired) electrons. The number of hydrogen-bond acceptors (Lipinski definition) is 6. The Balaban J connectivity index is 1.59. The predicted octanol–water partition coefficient (Wildman–Crippen LogP) is 4.53. The highest BCUT2D eigenvalue weighted by Crippen LogP contribution is 2.32. The van der Waals surface area contributed by atoms with E-state index in [0.29, 0.717) is 30.6 Å². The molecule has 212 valence electrons. The number of urea groups is 1. The molecule has 0 unspecified atom stereocenters. The van der Waals surface area contributed by atoms with Crippen molar-refractivity contribution in [2.75, 3.05) is 18.4 Å². The Morgan fingerprint density at radius 1 is 1.07 bits per heavy atom. The van der Waals surface area contributed by atoms with E-state index in [-0.39, 0.29) is 18.6 Å². The maximum absolute atomic E-state index is 13.0. The summed E-state index contributed by atoms with van der Waals surface area (Å²) in [5.41, 5.74) is 1.34. The van der Waals surface area contributed by atoms with Gasteiger partial charge in [0.25, 0.3) is 5.91 Å². The lowest BCUT2D eigenvalue weighted by Gasteiger charge is -2.26. The number of unbranched alkanes of at least 4 members (excludes halogenated alkanes) is 1. The zero-order valence-corrected chi connectivity index (χ0v) is 23.4. The molecule has 1 heterocycles. The molecule has 3 atom stereocenters. The summed E-state index contributed by atoms with van der Waals surface area (Å²) < 4.78 is 5.69. The maximum Gasteiger partial charge on any atom is 0.408 e. The van der Waals surface area contributed by atoms with Crippen molar-refractivity contribution in [3.8, 4) is 6.07 Å². The van der Waals surface area contributed by atoms with E-state index in [4.69, 9.17) is 10.00 Å². The van der Waals surface area contributed by atoms with Crippen LogP contribution in [0.3, 0.4) is 0 Å². The summed E-state index contributed by atoms with van der Waals surface area (Å²) in [4.78, 5) is 53.0. The van der Waals surface area contributed by atoms with Gasteiger partial charge >= 0.3 is 12.1 Å². The Morgan fingerprint density at radius 2 is 1.75 bits per heavy atom. The summed E-state index contributed by atoms with van der Waals surface area (Å²) in [6, 6.07) is 16.1. The van der Waals surface area contributed by atoms with Crippen LogP contribution in [0.2, 0.25) is 0 Å². The van der Waals surface area contributed by atoms with Crippen molar-refractivity contribution in [3.05, 3.63) is 65.7 Å². The summed E-state index contributed by atoms with van der Waals surface area (Å²) in [5, 5.41) is 17.0. The lowest BCUT2D eigenvalue weighted by molar-refractivity contribution is -0.139. The number of benzene rings is 2. The Hall–Kier alpha value is -4.39. The van der Waals surface area contributed by atoms with Crippen LogP contribution in [0.5, 0.6) is 0 Å². The summed E-state index contributed by atoms with van der Waals surface area (Å²) in [5.74, 6) is -1.51. The van der Waals surface area contributed by atoms with Crippen molar-refractivity contribution in [2.24, 2.45) is 5.41 Å². The smallest absolute Gasteiger partial charge is 0.408 e. The van der Waals surface area contributed by atoms with Gasteiger partial charge in [-0.3, -0.25) is 9.59 Å². The van der Waals surface area contributed by atoms with Crippen molar-refractivity contribution >= 4 is 29.5 Å². The lowest BCUT2D eigenvalue weighted by Crippen LogP contribution is -2.49. The molecule has 3 rings (SSSR count). The average molecular weight is 548 g/mol. The number of amides is 4. The molecule has 0 spiro atoms. The largest absolute Gasteiger partial charge is 0.444 e. The maximum atomic E-state index is 13.0. The van der Waals surface area contributed by atoms with Gasteiger partial charge in [-0.15, -0.1) is 0 Å². The molecule has 2 aromatic carbocycles. The highest BCUT2D eigenvalue weighted by atomic mass is 16.6. The Morgan fingerprint density at radius 3 is 2.38 bits per heavy atom. The van der Waals surface area contributed by atoms with E-state index in [2.05, 4.69) is 16.0 Å². The minimum absolute atomic E-state index is 0.158. The van der Waals surface area contributed by atoms with Crippen molar-refractivity contribution < 1.29 is 23.9 Å². The Kier molecular flexibility index (Phi) is 10.3. The second-order valence-electron chi connectivity index (χ2n) is 10.7. The van der Waals surface area contributed by atoms with Crippen LogP contribution in [-0.4, -0.2) is 54.0 Å². The van der Waals surface area contributed by atoms with Gasteiger partial charge < -0.3 is 25.6 Å². The van der Waals surface area contributed by atoms with Crippen molar-refractivity contribution in [3.63, 3.8) is 0 Å². The molecule has 0 aliphatic carbocycles. The summed E-state index contributed by atoms with van der Waals surface area (Å²) in [7, 11) is 0. The number of nitriles is 1. The summed E-state index contributed by atoms with van der Waals surface area (Å²) >= 11 is 0. The molecule has 10 heteroatoms. The molecular formula is C30H37N5O5. The Bertz CT molecular complexity index is 1240. The Labute approximate surface area is 235 Å². The lowest BCUT2D eigenvalue weighted by atomic mass is 9.90. The van der Waals surface area contributed by atoms with Crippen molar-refractivity contribution in [2.45, 2.75) is 65.1 Å². The van der Waals surface area contributed by atoms with E-state index >= 15 is 0 Å². The van der Waals surface area contributed by atoms with Gasteiger partial charge in [0.05, 0.1) is 24.2 Å². The fourth-order valence-electron chi connectivity index (χ4n) is 4.52. The van der Waals surface area contributed by atoms with Gasteiger partial charge in [-0.05, 0) is 43.2 Å². The van der Waals surface area contributed by atoms with E-state index in [9.17, 15) is 19.2 Å². The number of nitrogens with zero attached hydrogens (tertiary/aromatic N) is 2. The number of alkyl carbamates (subject to hydrolysis) is 1. The minimum atomic E-state index is -1.03. The van der Waals surface area contributed by atoms with Gasteiger partial charge in [-0.1, -0.05) is 63.9 Å². The average Bonchev–Trinajstić information content (AvgIpc) is 3.24. The first-order chi connectivity index (χ1) is 19.0. The van der Waals surface area contributed by atoms with E-state index in [1.54, 1.807) is 36.1 Å². The molecule has 0 saturated carbocycles. The SMILES string of the molecule is CCCC[C@H](NC(=O)O[C@@H]1CN(C(=O)Nc2ccc(C#N)cc2)CC1(C)C)C(=O)C(=O)N[C@H](C)c1ccccc1. The first-order valence-electron chi connectivity index (χ1n) is 13.5. The number of Topliss-reactive ketones (excluding diaryl/α,β-unsaturated/α-hetero) is 1. The molecular weight excluding hydrogens is 510 g/mol. The van der Waals surface area contributed by atoms with Gasteiger partial charge in [0, 0.05) is 17.6 Å². The third-order valence-electron chi connectivity index (χ3n) is 6.98. The topological polar surface area (TPSA) is 141 Å². The molecule has 0 aromatic heterocycles. The number of rotatable bonds is 10. The molecule has 0 bridgehead atoms. The van der Waals surface area contributed by atoms with Crippen molar-refractivity contribution in [1.82, 2.24) is 15.5 Å². The van der Waals surface area contributed by atoms with Gasteiger partial charge in [-0.25, -0.2) is 9.59 Å². The van der Waals surface area contributed by atoms with Crippen LogP contribution >= 0.6 is 0 Å². The number of hydrogen-bond donors (Lipinski definition) is 3. The minimum Gasteiger partial charge on any atom is -0.444 e. The molecule has 1 aliphatic heterocycles. The number of nitrogens with one attached hydrogen (secondary N) is 3. The summed E-state index contributed by atoms with van der Waals surface area (Å²) in [6.07, 6.45) is 0.265. The second-order valence-corrected chi connectivity index (χ2v) is 10.7. The zero-order valence-electron chi connectivity index (χ0n) is 23.4. The van der Waals surface area contributed by atoms with Crippen LogP contribution in [0.25, 0.3) is 0 Å². The fourth-order valence-corrected chi connectivity index (χ4v) is 4.52. The number of carbonyl (C=O) groups excluding carboxylic acids is 4. The number of anilines is 1. The number of likely N-dealkylation sites (tertiary alicyclic amines) is 1. The third kappa shape index (κ3) is 8.06. The fraction of sp³-hybridized carbons (Fsp3) is 0.433. The third-order valence-corrected chi connectivity index (χ3v) is 6.98. The zero-order chi connectivity index (χ0) is 29.3. The van der Waals surface area contributed by atoms with E-state index in [0.717, 1.165) is 12.0 Å². The molecule has 2 aromatic rings. The second kappa shape index (κ2) is 13.6. The molecule has 40 heavy (non-hydrogen) atoms. The normalized spacial score (nSPS) is 17.2. The first kappa shape index (κ1) is 30.2. The van der Waals surface area contributed by atoms with Crippen LogP contribution < -0.4 is 16.0 Å². The highest BCUT2D eigenvalue weighted by Gasteiger charge is 2.44. The van der Waals surface area contributed by atoms with Gasteiger partial charge in [0.2, 0.25) is 5.78 Å². The molecule has 10 nitrogen and oxygen atoms in total. The van der Waals surface area contributed by atoms with Gasteiger partial charge in [0.15, 0.2) is 0 Å². The number of carbonyl (C=O) groups is 4. The van der Waals surface area contributed by atoms with Crippen LogP contribution in [0, 0.1) is 16.7 Å². The standard InChI is InChI=1S/C30H37N5O5/c1-5-6-12-24(26(36)27(37)32-20(2)22-10-8-7-9-11-22)34-29(39)40-25-18-35(19-30(25,3)4)28(38)33-23-15-13-21(17-31)14-16-23/h7-11,13-16,20,24-25H,5-6,12,18-19H2,1-4H3,(H,32,37)(H,33,38)(H,34,39)/t20-,24+,25-/m1/s1. The van der Waals surface area contributed by atoms with Crippen molar-refractivity contribution in [1.29, 1.82) is 5.26 Å². The summed E-state index contributed by atoms with van der Waals surface area (Å²) in [6.45, 7) is 8.01. The van der Waals surface area contributed by atoms with Gasteiger partial charge in [0.1, 0.15) is 12.1 Å². The molecule has 4 amide bonds. The predicted molar refractivity (Wildman–Crippen MR) is 150 cm³/mol. The molecule has 1 fully saturated rings. The van der Waals surface area contributed by atoms with Crippen LogP contribution in [0.15, 0.2) is 54.6 Å². The van der Waals surface area contributed by atoms with Gasteiger partial charge in [-0.2, -0.15) is 5.26 Å². The quantitative estimate of drug-likeness (QED) is 0.373. The molecule has 3 N–H and O–H groups in total. The number of ketones is 1. The molecule has 1 saturated heterocycles. The van der Waals surface area contributed by atoms with E-state index in [1.807, 2.05) is 57.2 Å². The van der Waals surface area contributed by atoms with E-state index < -0.39 is 35.3 Å². The molecule has 1 aliphatic rings. The van der Waals surface area contributed by atoms with E-state index in [1.165, 1.54) is 0 Å². The first-order valence-corrected chi connectivity index (χ1v) is 13.5. The number of ether oxygens (including phenoxy) is 1. The highest BCUT2D eigenvalue weighted by molar-refractivity contribution is 6.38. The van der Waals surface area contributed by atoms with Crippen LogP contribution in [0.4, 0.5) is 15.3 Å². The monoisotopic (exact) mass is 547 g/mol.